The lowest BCUT2D eigenvalue weighted by molar-refractivity contribution is -0.123. The average Bonchev–Trinajstić information content (AvgIpc) is 2.79. The van der Waals surface area contributed by atoms with Gasteiger partial charge in [-0.25, -0.2) is 13.1 Å². The summed E-state index contributed by atoms with van der Waals surface area (Å²) in [5.41, 5.74) is 2.30. The molecule has 1 aliphatic carbocycles. The normalized spacial score (nSPS) is 15.1. The number of amides is 1. The van der Waals surface area contributed by atoms with Crippen molar-refractivity contribution in [2.24, 2.45) is 0 Å². The highest BCUT2D eigenvalue weighted by Gasteiger charge is 2.18. The number of benzene rings is 2. The lowest BCUT2D eigenvalue weighted by atomic mass is 9.97. The van der Waals surface area contributed by atoms with Crippen LogP contribution in [0.2, 0.25) is 0 Å². The van der Waals surface area contributed by atoms with E-state index in [2.05, 4.69) is 16.1 Å². The van der Waals surface area contributed by atoms with Gasteiger partial charge in [0, 0.05) is 12.6 Å². The van der Waals surface area contributed by atoms with Crippen LogP contribution in [0.3, 0.4) is 0 Å². The van der Waals surface area contributed by atoms with Crippen LogP contribution in [-0.2, 0) is 14.8 Å². The average molecular weight is 443 g/mol. The highest BCUT2D eigenvalue weighted by molar-refractivity contribution is 7.89. The number of allylic oxidation sites excluding steroid dienone is 1. The van der Waals surface area contributed by atoms with E-state index in [1.165, 1.54) is 30.5 Å². The second kappa shape index (κ2) is 11.1. The predicted octanol–water partition coefficient (Wildman–Crippen LogP) is 4.11. The van der Waals surface area contributed by atoms with Gasteiger partial charge in [-0.1, -0.05) is 42.0 Å². The number of sulfonamides is 1. The Labute approximate surface area is 184 Å². The Hall–Kier alpha value is -2.64. The molecule has 1 aliphatic rings. The van der Waals surface area contributed by atoms with E-state index in [0.717, 1.165) is 24.8 Å². The summed E-state index contributed by atoms with van der Waals surface area (Å²) in [6.45, 7) is 2.30. The summed E-state index contributed by atoms with van der Waals surface area (Å²) in [4.78, 5) is 12.1. The molecule has 0 aromatic heterocycles. The Balaban J connectivity index is 1.45. The molecule has 0 heterocycles. The summed E-state index contributed by atoms with van der Waals surface area (Å²) in [5, 5.41) is 2.86. The predicted molar refractivity (Wildman–Crippen MR) is 121 cm³/mol. The van der Waals surface area contributed by atoms with Crippen LogP contribution >= 0.6 is 0 Å². The summed E-state index contributed by atoms with van der Waals surface area (Å²) in [6, 6.07) is 15.1. The van der Waals surface area contributed by atoms with Gasteiger partial charge in [0.05, 0.1) is 4.90 Å². The first-order valence-corrected chi connectivity index (χ1v) is 12.2. The number of carbonyl (C=O) groups is 1. The fourth-order valence-electron chi connectivity index (χ4n) is 3.52. The Morgan fingerprint density at radius 1 is 1.06 bits per heavy atom. The molecule has 3 rings (SSSR count). The van der Waals surface area contributed by atoms with E-state index in [4.69, 9.17) is 4.74 Å². The highest BCUT2D eigenvalue weighted by Crippen LogP contribution is 2.20. The summed E-state index contributed by atoms with van der Waals surface area (Å²) >= 11 is 0. The molecule has 0 aliphatic heterocycles. The molecule has 0 spiro atoms. The third kappa shape index (κ3) is 7.22. The monoisotopic (exact) mass is 442 g/mol. The van der Waals surface area contributed by atoms with Crippen molar-refractivity contribution >= 4 is 15.9 Å². The maximum atomic E-state index is 12.6. The summed E-state index contributed by atoms with van der Waals surface area (Å²) in [5.74, 6) is 0.256. The van der Waals surface area contributed by atoms with Crippen molar-refractivity contribution in [3.8, 4) is 5.75 Å². The first kappa shape index (κ1) is 23.0. The quantitative estimate of drug-likeness (QED) is 0.542. The molecular formula is C24H30N2O4S. The summed E-state index contributed by atoms with van der Waals surface area (Å²) in [6.07, 6.45) is 7.91. The van der Waals surface area contributed by atoms with Gasteiger partial charge in [0.1, 0.15) is 5.75 Å². The van der Waals surface area contributed by atoms with E-state index in [0.29, 0.717) is 12.3 Å². The smallest absolute Gasteiger partial charge is 0.257 e. The van der Waals surface area contributed by atoms with Crippen LogP contribution in [0.15, 0.2) is 71.1 Å². The zero-order chi connectivity index (χ0) is 22.1. The molecule has 2 N–H and O–H groups in total. The molecule has 2 aromatic rings. The van der Waals surface area contributed by atoms with E-state index < -0.39 is 10.0 Å². The Morgan fingerprint density at radius 3 is 2.48 bits per heavy atom. The van der Waals surface area contributed by atoms with E-state index in [1.807, 2.05) is 30.3 Å². The molecule has 31 heavy (non-hydrogen) atoms. The number of hydrogen-bond donors (Lipinski definition) is 2. The van der Waals surface area contributed by atoms with Crippen LogP contribution in [0, 0.1) is 0 Å². The number of carbonyl (C=O) groups excluding carboxylic acids is 1. The Bertz CT molecular complexity index is 986. The third-order valence-corrected chi connectivity index (χ3v) is 6.85. The second-order valence-electron chi connectivity index (χ2n) is 7.72. The minimum Gasteiger partial charge on any atom is -0.484 e. The highest BCUT2D eigenvalue weighted by atomic mass is 32.2. The van der Waals surface area contributed by atoms with E-state index in [1.54, 1.807) is 19.1 Å². The van der Waals surface area contributed by atoms with Crippen molar-refractivity contribution in [3.05, 3.63) is 71.8 Å². The van der Waals surface area contributed by atoms with Crippen molar-refractivity contribution < 1.29 is 17.9 Å². The third-order valence-electron chi connectivity index (χ3n) is 5.29. The zero-order valence-electron chi connectivity index (χ0n) is 17.8. The van der Waals surface area contributed by atoms with E-state index >= 15 is 0 Å². The van der Waals surface area contributed by atoms with Crippen LogP contribution in [0.4, 0.5) is 0 Å². The lowest BCUT2D eigenvalue weighted by Crippen LogP contribution is -2.30. The lowest BCUT2D eigenvalue weighted by Gasteiger charge is -2.15. The maximum Gasteiger partial charge on any atom is 0.257 e. The van der Waals surface area contributed by atoms with Crippen molar-refractivity contribution in [1.82, 2.24) is 10.0 Å². The minimum atomic E-state index is -3.67. The molecule has 1 atom stereocenters. The standard InChI is InChI=1S/C24H30N2O4S/c1-19(21-10-6-3-7-11-21)26-31(28,29)23-14-12-22(13-15-23)30-18-24(27)25-17-16-20-8-4-2-5-9-20/h3,6-8,10-15,19,26H,2,4-5,9,16-18H2,1H3,(H,25,27)/t19-/m1/s1. The number of hydrogen-bond acceptors (Lipinski definition) is 4. The molecule has 166 valence electrons. The minimum absolute atomic E-state index is 0.103. The fraction of sp³-hybridized carbons (Fsp3) is 0.375. The second-order valence-corrected chi connectivity index (χ2v) is 9.44. The first-order chi connectivity index (χ1) is 14.9. The largest absolute Gasteiger partial charge is 0.484 e. The van der Waals surface area contributed by atoms with Gasteiger partial charge in [0.2, 0.25) is 10.0 Å². The molecule has 0 bridgehead atoms. The van der Waals surface area contributed by atoms with Crippen LogP contribution in [0.25, 0.3) is 0 Å². The number of rotatable bonds is 10. The molecule has 0 unspecified atom stereocenters. The fourth-order valence-corrected chi connectivity index (χ4v) is 4.75. The number of ether oxygens (including phenoxy) is 1. The van der Waals surface area contributed by atoms with Gasteiger partial charge in [-0.05, 0) is 68.9 Å². The zero-order valence-corrected chi connectivity index (χ0v) is 18.7. The molecule has 0 saturated carbocycles. The van der Waals surface area contributed by atoms with Gasteiger partial charge in [-0.2, -0.15) is 0 Å². The molecule has 6 nitrogen and oxygen atoms in total. The van der Waals surface area contributed by atoms with Gasteiger partial charge in [0.25, 0.3) is 5.91 Å². The van der Waals surface area contributed by atoms with E-state index in [9.17, 15) is 13.2 Å². The van der Waals surface area contributed by atoms with Crippen molar-refractivity contribution in [3.63, 3.8) is 0 Å². The maximum absolute atomic E-state index is 12.6. The van der Waals surface area contributed by atoms with E-state index in [-0.39, 0.29) is 23.5 Å². The van der Waals surface area contributed by atoms with Gasteiger partial charge in [-0.3, -0.25) is 4.79 Å². The van der Waals surface area contributed by atoms with Gasteiger partial charge < -0.3 is 10.1 Å². The van der Waals surface area contributed by atoms with Crippen LogP contribution in [0.5, 0.6) is 5.75 Å². The molecular weight excluding hydrogens is 412 g/mol. The van der Waals surface area contributed by atoms with Gasteiger partial charge in [-0.15, -0.1) is 0 Å². The van der Waals surface area contributed by atoms with Crippen LogP contribution in [-0.4, -0.2) is 27.5 Å². The van der Waals surface area contributed by atoms with Gasteiger partial charge in [0.15, 0.2) is 6.61 Å². The molecule has 1 amide bonds. The Kier molecular flexibility index (Phi) is 8.26. The molecule has 0 saturated heterocycles. The molecule has 2 aromatic carbocycles. The molecule has 7 heteroatoms. The Morgan fingerprint density at radius 2 is 1.81 bits per heavy atom. The molecule has 0 fully saturated rings. The van der Waals surface area contributed by atoms with Crippen LogP contribution < -0.4 is 14.8 Å². The van der Waals surface area contributed by atoms with Crippen LogP contribution in [0.1, 0.15) is 50.6 Å². The number of nitrogens with one attached hydrogen (secondary N) is 2. The topological polar surface area (TPSA) is 84.5 Å². The van der Waals surface area contributed by atoms with Crippen molar-refractivity contribution in [2.75, 3.05) is 13.2 Å². The first-order valence-electron chi connectivity index (χ1n) is 10.7. The summed E-state index contributed by atoms with van der Waals surface area (Å²) in [7, 11) is -3.67. The summed E-state index contributed by atoms with van der Waals surface area (Å²) < 4.78 is 33.4. The van der Waals surface area contributed by atoms with Gasteiger partial charge >= 0.3 is 0 Å². The van der Waals surface area contributed by atoms with Crippen molar-refractivity contribution in [2.45, 2.75) is 50.0 Å². The SMILES string of the molecule is C[C@@H](NS(=O)(=O)c1ccc(OCC(=O)NCCC2=CCCCC2)cc1)c1ccccc1. The van der Waals surface area contributed by atoms with Crippen molar-refractivity contribution in [1.29, 1.82) is 0 Å². The molecule has 0 radical (unpaired) electrons.